The zero-order valence-electron chi connectivity index (χ0n) is 14.4. The molecule has 0 unspecified atom stereocenters. The standard InChI is InChI=1S/C21H26O2/c1-13-11-18-16-6-5-14-12-15(23-4)7-9-20(14,2)17(16)8-10-21(18,3)19(13)22/h5,8,12,16,18H,1,6-7,9-11H2,2-4H3/t16-,18+,20+,21+/m1/s1. The van der Waals surface area contributed by atoms with E-state index in [4.69, 9.17) is 4.74 Å². The van der Waals surface area contributed by atoms with Crippen molar-refractivity contribution in [2.45, 2.75) is 46.0 Å². The van der Waals surface area contributed by atoms with Gasteiger partial charge in [-0.1, -0.05) is 38.2 Å². The van der Waals surface area contributed by atoms with Crippen LogP contribution in [-0.4, -0.2) is 12.9 Å². The number of hydrogen-bond acceptors (Lipinski definition) is 2. The van der Waals surface area contributed by atoms with Gasteiger partial charge in [0.2, 0.25) is 0 Å². The molecule has 1 fully saturated rings. The van der Waals surface area contributed by atoms with Crippen molar-refractivity contribution in [2.24, 2.45) is 22.7 Å². The Morgan fingerprint density at radius 2 is 2.09 bits per heavy atom. The van der Waals surface area contributed by atoms with Crippen LogP contribution in [0.5, 0.6) is 0 Å². The van der Waals surface area contributed by atoms with Crippen molar-refractivity contribution in [1.29, 1.82) is 0 Å². The number of allylic oxidation sites excluding steroid dienone is 7. The van der Waals surface area contributed by atoms with Gasteiger partial charge in [0.1, 0.15) is 0 Å². The summed E-state index contributed by atoms with van der Waals surface area (Å²) in [5.41, 5.74) is 3.74. The molecule has 0 heterocycles. The molecule has 1 saturated carbocycles. The van der Waals surface area contributed by atoms with Gasteiger partial charge in [0, 0.05) is 17.3 Å². The minimum atomic E-state index is -0.213. The highest BCUT2D eigenvalue weighted by molar-refractivity contribution is 6.02. The smallest absolute Gasteiger partial charge is 0.164 e. The van der Waals surface area contributed by atoms with E-state index >= 15 is 0 Å². The Kier molecular flexibility index (Phi) is 3.07. The van der Waals surface area contributed by atoms with Crippen LogP contribution in [0.4, 0.5) is 0 Å². The maximum absolute atomic E-state index is 12.6. The van der Waals surface area contributed by atoms with Gasteiger partial charge in [-0.15, -0.1) is 0 Å². The highest BCUT2D eigenvalue weighted by atomic mass is 16.5. The topological polar surface area (TPSA) is 26.3 Å². The molecular formula is C21H26O2. The van der Waals surface area contributed by atoms with Crippen LogP contribution in [0.25, 0.3) is 0 Å². The molecule has 0 saturated heterocycles. The molecular weight excluding hydrogens is 284 g/mol. The zero-order valence-corrected chi connectivity index (χ0v) is 14.4. The summed E-state index contributed by atoms with van der Waals surface area (Å²) in [5, 5.41) is 0. The van der Waals surface area contributed by atoms with Crippen LogP contribution in [0.3, 0.4) is 0 Å². The summed E-state index contributed by atoms with van der Waals surface area (Å²) in [6, 6.07) is 0. The van der Waals surface area contributed by atoms with Crippen LogP contribution in [0.2, 0.25) is 0 Å². The molecule has 0 bridgehead atoms. The van der Waals surface area contributed by atoms with Crippen molar-refractivity contribution < 1.29 is 9.53 Å². The number of hydrogen-bond donors (Lipinski definition) is 0. The van der Waals surface area contributed by atoms with Crippen LogP contribution >= 0.6 is 0 Å². The first kappa shape index (κ1) is 15.0. The van der Waals surface area contributed by atoms with Crippen LogP contribution in [-0.2, 0) is 9.53 Å². The van der Waals surface area contributed by atoms with Crippen molar-refractivity contribution in [3.63, 3.8) is 0 Å². The number of rotatable bonds is 1. The average molecular weight is 310 g/mol. The molecule has 0 N–H and O–H groups in total. The first-order valence-electron chi connectivity index (χ1n) is 8.78. The fourth-order valence-electron chi connectivity index (χ4n) is 5.53. The Morgan fingerprint density at radius 3 is 2.83 bits per heavy atom. The lowest BCUT2D eigenvalue weighted by Crippen LogP contribution is -2.43. The molecule has 2 nitrogen and oxygen atoms in total. The SMILES string of the molecule is C=C1C[C@H]2[C@@H]3CC=C4C=C(OC)CC[C@]4(C)C3=CC[C@]2(C)C1=O. The van der Waals surface area contributed by atoms with Gasteiger partial charge in [0.15, 0.2) is 5.78 Å². The van der Waals surface area contributed by atoms with Crippen LogP contribution in [0.15, 0.2) is 47.3 Å². The number of fused-ring (bicyclic) bond motifs is 5. The van der Waals surface area contributed by atoms with E-state index in [0.717, 1.165) is 43.4 Å². The van der Waals surface area contributed by atoms with E-state index in [0.29, 0.717) is 17.6 Å². The molecule has 0 aliphatic heterocycles. The van der Waals surface area contributed by atoms with E-state index < -0.39 is 0 Å². The van der Waals surface area contributed by atoms with E-state index in [-0.39, 0.29) is 10.8 Å². The number of ketones is 1. The van der Waals surface area contributed by atoms with Gasteiger partial charge in [-0.05, 0) is 54.7 Å². The van der Waals surface area contributed by atoms with E-state index in [1.54, 1.807) is 12.7 Å². The summed E-state index contributed by atoms with van der Waals surface area (Å²) in [4.78, 5) is 12.6. The molecule has 4 aliphatic carbocycles. The Morgan fingerprint density at radius 1 is 1.30 bits per heavy atom. The van der Waals surface area contributed by atoms with Crippen molar-refractivity contribution in [3.8, 4) is 0 Å². The van der Waals surface area contributed by atoms with E-state index in [2.05, 4.69) is 38.7 Å². The quantitative estimate of drug-likeness (QED) is 0.516. The minimum Gasteiger partial charge on any atom is -0.501 e. The molecule has 0 amide bonds. The average Bonchev–Trinajstić information content (AvgIpc) is 2.78. The number of carbonyl (C=O) groups excluding carboxylic acids is 1. The third-order valence-electron chi connectivity index (χ3n) is 7.07. The number of carbonyl (C=O) groups is 1. The van der Waals surface area contributed by atoms with Gasteiger partial charge in [0.05, 0.1) is 12.9 Å². The van der Waals surface area contributed by atoms with Gasteiger partial charge >= 0.3 is 0 Å². The monoisotopic (exact) mass is 310 g/mol. The predicted molar refractivity (Wildman–Crippen MR) is 91.7 cm³/mol. The third-order valence-corrected chi connectivity index (χ3v) is 7.07. The van der Waals surface area contributed by atoms with Crippen molar-refractivity contribution in [2.75, 3.05) is 7.11 Å². The summed E-state index contributed by atoms with van der Waals surface area (Å²) >= 11 is 0. The van der Waals surface area contributed by atoms with Crippen LogP contribution in [0.1, 0.15) is 46.0 Å². The summed E-state index contributed by atoms with van der Waals surface area (Å²) in [7, 11) is 1.77. The van der Waals surface area contributed by atoms with Crippen LogP contribution in [0, 0.1) is 22.7 Å². The Hall–Kier alpha value is -1.57. The van der Waals surface area contributed by atoms with E-state index in [1.807, 2.05) is 0 Å². The highest BCUT2D eigenvalue weighted by Crippen LogP contribution is 2.61. The van der Waals surface area contributed by atoms with Gasteiger partial charge in [-0.25, -0.2) is 0 Å². The molecule has 4 atom stereocenters. The molecule has 4 rings (SSSR count). The molecule has 0 aromatic carbocycles. The second kappa shape index (κ2) is 4.72. The van der Waals surface area contributed by atoms with Crippen molar-refractivity contribution in [3.05, 3.63) is 47.3 Å². The normalized spacial score (nSPS) is 42.1. The lowest BCUT2D eigenvalue weighted by Gasteiger charge is -2.50. The lowest BCUT2D eigenvalue weighted by molar-refractivity contribution is -0.124. The predicted octanol–water partition coefficient (Wildman–Crippen LogP) is 4.74. The molecule has 23 heavy (non-hydrogen) atoms. The second-order valence-electron chi connectivity index (χ2n) is 8.17. The molecule has 122 valence electrons. The number of Topliss-reactive ketones (excluding diaryl/α,β-unsaturated/α-hetero) is 1. The van der Waals surface area contributed by atoms with Crippen molar-refractivity contribution in [1.82, 2.24) is 0 Å². The molecule has 0 aromatic heterocycles. The van der Waals surface area contributed by atoms with Crippen LogP contribution < -0.4 is 0 Å². The highest BCUT2D eigenvalue weighted by Gasteiger charge is 2.56. The first-order valence-corrected chi connectivity index (χ1v) is 8.78. The summed E-state index contributed by atoms with van der Waals surface area (Å²) < 4.78 is 5.48. The van der Waals surface area contributed by atoms with Gasteiger partial charge in [-0.2, -0.15) is 0 Å². The summed E-state index contributed by atoms with van der Waals surface area (Å²) in [6.07, 6.45) is 12.0. The van der Waals surface area contributed by atoms with Gasteiger partial charge < -0.3 is 4.74 Å². The van der Waals surface area contributed by atoms with E-state index in [1.165, 1.54) is 5.57 Å². The third kappa shape index (κ3) is 1.84. The second-order valence-corrected chi connectivity index (χ2v) is 8.17. The van der Waals surface area contributed by atoms with E-state index in [9.17, 15) is 4.79 Å². The maximum Gasteiger partial charge on any atom is 0.164 e. The Bertz CT molecular complexity index is 693. The largest absolute Gasteiger partial charge is 0.501 e. The molecule has 2 heteroatoms. The number of ether oxygens (including phenoxy) is 1. The first-order chi connectivity index (χ1) is 10.9. The molecule has 0 radical (unpaired) electrons. The molecule has 4 aliphatic rings. The Balaban J connectivity index is 1.77. The number of methoxy groups -OCH3 is 1. The zero-order chi connectivity index (χ0) is 16.4. The molecule has 0 spiro atoms. The Labute approximate surface area is 139 Å². The lowest BCUT2D eigenvalue weighted by atomic mass is 9.53. The van der Waals surface area contributed by atoms with Gasteiger partial charge in [0.25, 0.3) is 0 Å². The minimum absolute atomic E-state index is 0.124. The summed E-state index contributed by atoms with van der Waals surface area (Å²) in [5.74, 6) is 2.34. The molecule has 0 aromatic rings. The van der Waals surface area contributed by atoms with Gasteiger partial charge in [-0.3, -0.25) is 4.79 Å². The fraction of sp³-hybridized carbons (Fsp3) is 0.571. The summed E-state index contributed by atoms with van der Waals surface area (Å²) in [6.45, 7) is 8.59. The van der Waals surface area contributed by atoms with Crippen molar-refractivity contribution >= 4 is 5.78 Å². The fourth-order valence-corrected chi connectivity index (χ4v) is 5.53. The maximum atomic E-state index is 12.6.